The van der Waals surface area contributed by atoms with Crippen LogP contribution in [0.3, 0.4) is 0 Å². The van der Waals surface area contributed by atoms with Gasteiger partial charge in [0.05, 0.1) is 53.0 Å². The number of carbonyl (C=O) groups excluding carboxylic acids is 2. The molecule has 1 aliphatic heterocycles. The molecule has 0 fully saturated rings. The van der Waals surface area contributed by atoms with E-state index in [4.69, 9.17) is 9.84 Å². The largest absolute Gasteiger partial charge is 0.443 e. The number of aliphatic hydroxyl groups is 1. The number of pyridine rings is 1. The summed E-state index contributed by atoms with van der Waals surface area (Å²) in [7, 11) is 0. The number of amides is 2. The lowest BCUT2D eigenvalue weighted by Crippen LogP contribution is -2.37. The molecular weight excluding hydrogens is 455 g/mol. The van der Waals surface area contributed by atoms with Crippen molar-refractivity contribution in [3.05, 3.63) is 59.2 Å². The zero-order valence-corrected chi connectivity index (χ0v) is 19.4. The molecule has 2 aromatic heterocycles. The lowest BCUT2D eigenvalue weighted by Gasteiger charge is -2.23. The van der Waals surface area contributed by atoms with Gasteiger partial charge in [-0.1, -0.05) is 6.07 Å². The van der Waals surface area contributed by atoms with Crippen molar-refractivity contribution in [1.29, 1.82) is 5.26 Å². The van der Waals surface area contributed by atoms with Crippen LogP contribution in [-0.4, -0.2) is 55.5 Å². The molecule has 4 rings (SSSR count). The van der Waals surface area contributed by atoms with Gasteiger partial charge in [-0.2, -0.15) is 10.4 Å². The molecule has 0 saturated heterocycles. The van der Waals surface area contributed by atoms with Crippen LogP contribution >= 0.6 is 0 Å². The quantitative estimate of drug-likeness (QED) is 0.571. The van der Waals surface area contributed by atoms with Crippen molar-refractivity contribution in [3.8, 4) is 23.0 Å². The highest BCUT2D eigenvalue weighted by molar-refractivity contribution is 6.08. The van der Waals surface area contributed by atoms with Gasteiger partial charge in [0.1, 0.15) is 17.2 Å². The predicted molar refractivity (Wildman–Crippen MR) is 123 cm³/mol. The number of nitrogens with one attached hydrogen (secondary N) is 1. The molecule has 0 atom stereocenters. The number of rotatable bonds is 5. The number of carbonyl (C=O) groups is 2. The first-order valence-corrected chi connectivity index (χ1v) is 10.8. The van der Waals surface area contributed by atoms with Crippen LogP contribution in [0.25, 0.3) is 16.9 Å². The van der Waals surface area contributed by atoms with Crippen molar-refractivity contribution in [2.45, 2.75) is 32.9 Å². The molecule has 0 saturated carbocycles. The average Bonchev–Trinajstić information content (AvgIpc) is 3.40. The van der Waals surface area contributed by atoms with Crippen molar-refractivity contribution < 1.29 is 23.8 Å². The van der Waals surface area contributed by atoms with Crippen LogP contribution in [0.5, 0.6) is 0 Å². The maximum absolute atomic E-state index is 14.8. The van der Waals surface area contributed by atoms with Gasteiger partial charge in [0.25, 0.3) is 5.91 Å². The fraction of sp³-hybridized carbons (Fsp3) is 0.292. The first-order valence-electron chi connectivity index (χ1n) is 10.8. The summed E-state index contributed by atoms with van der Waals surface area (Å²) in [5.41, 5.74) is -0.0574. The number of aliphatic hydroxyl groups excluding tert-OH is 1. The van der Waals surface area contributed by atoms with Crippen LogP contribution in [-0.2, 0) is 11.3 Å². The van der Waals surface area contributed by atoms with Gasteiger partial charge in [-0.05, 0) is 39.0 Å². The minimum absolute atomic E-state index is 0.0204. The number of nitrogens with zero attached hydrogens (tertiary/aromatic N) is 5. The molecular formula is C24H23FN6O4. The Morgan fingerprint density at radius 3 is 2.77 bits per heavy atom. The second kappa shape index (κ2) is 9.15. The maximum Gasteiger partial charge on any atom is 0.417 e. The molecule has 0 spiro atoms. The third-order valence-corrected chi connectivity index (χ3v) is 5.10. The molecule has 35 heavy (non-hydrogen) atoms. The summed E-state index contributed by atoms with van der Waals surface area (Å²) < 4.78 is 21.6. The van der Waals surface area contributed by atoms with Gasteiger partial charge in [0, 0.05) is 18.8 Å². The van der Waals surface area contributed by atoms with Crippen molar-refractivity contribution in [2.75, 3.05) is 18.5 Å². The Balaban J connectivity index is 1.87. The molecule has 11 heteroatoms. The number of imide groups is 1. The molecule has 0 aliphatic carbocycles. The standard InChI is InChI=1S/C24H23FN6O4/c1-24(2,3)35-23(34)30-13-17-21(22(30)33)18(31-9-7-19(29-31)27-8-10-32)11-16(28-17)20-14(12-26)5-4-6-15(20)25/h4-7,9,11,32H,8,10,13H2,1-3H3,(H,27,29). The molecule has 0 unspecified atom stereocenters. The van der Waals surface area contributed by atoms with Crippen LogP contribution in [0.1, 0.15) is 42.4 Å². The van der Waals surface area contributed by atoms with Gasteiger partial charge < -0.3 is 15.2 Å². The summed E-state index contributed by atoms with van der Waals surface area (Å²) in [6.45, 7) is 5.04. The monoisotopic (exact) mass is 478 g/mol. The van der Waals surface area contributed by atoms with Crippen molar-refractivity contribution in [3.63, 3.8) is 0 Å². The Bertz CT molecular complexity index is 1360. The second-order valence-corrected chi connectivity index (χ2v) is 8.79. The minimum atomic E-state index is -0.831. The van der Waals surface area contributed by atoms with Crippen LogP contribution in [0.4, 0.5) is 15.0 Å². The first-order chi connectivity index (χ1) is 16.6. The first kappa shape index (κ1) is 23.8. The summed E-state index contributed by atoms with van der Waals surface area (Å²) in [5.74, 6) is -0.844. The molecule has 1 aliphatic rings. The van der Waals surface area contributed by atoms with Gasteiger partial charge in [-0.15, -0.1) is 0 Å². The summed E-state index contributed by atoms with van der Waals surface area (Å²) in [6, 6.07) is 9.16. The van der Waals surface area contributed by atoms with Gasteiger partial charge in [-0.3, -0.25) is 4.79 Å². The van der Waals surface area contributed by atoms with Crippen molar-refractivity contribution in [2.24, 2.45) is 0 Å². The maximum atomic E-state index is 14.8. The molecule has 180 valence electrons. The Hall–Kier alpha value is -4.30. The Labute approximate surface area is 200 Å². The highest BCUT2D eigenvalue weighted by Gasteiger charge is 2.39. The summed E-state index contributed by atoms with van der Waals surface area (Å²) >= 11 is 0. The van der Waals surface area contributed by atoms with E-state index < -0.39 is 23.4 Å². The van der Waals surface area contributed by atoms with E-state index in [1.54, 1.807) is 33.0 Å². The molecule has 10 nitrogen and oxygen atoms in total. The predicted octanol–water partition coefficient (Wildman–Crippen LogP) is 3.24. The van der Waals surface area contributed by atoms with Gasteiger partial charge in [0.15, 0.2) is 0 Å². The smallest absolute Gasteiger partial charge is 0.417 e. The van der Waals surface area contributed by atoms with Crippen molar-refractivity contribution in [1.82, 2.24) is 19.7 Å². The molecule has 1 aromatic carbocycles. The number of anilines is 1. The summed E-state index contributed by atoms with van der Waals surface area (Å²) in [6.07, 6.45) is 0.747. The number of nitriles is 1. The van der Waals surface area contributed by atoms with E-state index in [1.165, 1.54) is 28.9 Å². The molecule has 0 radical (unpaired) electrons. The van der Waals surface area contributed by atoms with Crippen LogP contribution in [0.15, 0.2) is 36.5 Å². The molecule has 2 amide bonds. The summed E-state index contributed by atoms with van der Waals surface area (Å²) in [4.78, 5) is 31.4. The molecule has 2 N–H and O–H groups in total. The fourth-order valence-corrected chi connectivity index (χ4v) is 3.67. The zero-order chi connectivity index (χ0) is 25.3. The van der Waals surface area contributed by atoms with Crippen LogP contribution in [0, 0.1) is 17.1 Å². The van der Waals surface area contributed by atoms with Crippen LogP contribution in [0.2, 0.25) is 0 Å². The number of benzene rings is 1. The SMILES string of the molecule is CC(C)(C)OC(=O)N1Cc2nc(-c3c(F)cccc3C#N)cc(-n3ccc(NCCO)n3)c2C1=O. The van der Waals surface area contributed by atoms with E-state index in [2.05, 4.69) is 15.4 Å². The van der Waals surface area contributed by atoms with E-state index in [-0.39, 0.29) is 53.5 Å². The van der Waals surface area contributed by atoms with E-state index in [9.17, 15) is 19.2 Å². The molecule has 3 aromatic rings. The normalized spacial score (nSPS) is 12.9. The Kier molecular flexibility index (Phi) is 6.24. The zero-order valence-electron chi connectivity index (χ0n) is 19.4. The number of fused-ring (bicyclic) bond motifs is 1. The van der Waals surface area contributed by atoms with Gasteiger partial charge >= 0.3 is 6.09 Å². The highest BCUT2D eigenvalue weighted by Crippen LogP contribution is 2.34. The van der Waals surface area contributed by atoms with E-state index in [1.807, 2.05) is 6.07 Å². The van der Waals surface area contributed by atoms with E-state index in [0.29, 0.717) is 5.82 Å². The van der Waals surface area contributed by atoms with E-state index >= 15 is 0 Å². The average molecular weight is 478 g/mol. The minimum Gasteiger partial charge on any atom is -0.443 e. The second-order valence-electron chi connectivity index (χ2n) is 8.79. The number of aromatic nitrogens is 3. The van der Waals surface area contributed by atoms with Gasteiger partial charge in [-0.25, -0.2) is 23.8 Å². The summed E-state index contributed by atoms with van der Waals surface area (Å²) in [5, 5.41) is 25.9. The van der Waals surface area contributed by atoms with Gasteiger partial charge in [0.2, 0.25) is 0 Å². The lowest BCUT2D eigenvalue weighted by molar-refractivity contribution is 0.0247. The number of halogens is 1. The van der Waals surface area contributed by atoms with Crippen molar-refractivity contribution >= 4 is 17.8 Å². The topological polar surface area (TPSA) is 133 Å². The van der Waals surface area contributed by atoms with E-state index in [0.717, 1.165) is 4.90 Å². The Morgan fingerprint density at radius 1 is 1.31 bits per heavy atom. The number of hydrogen-bond acceptors (Lipinski definition) is 8. The lowest BCUT2D eigenvalue weighted by atomic mass is 10.0. The van der Waals surface area contributed by atoms with Crippen LogP contribution < -0.4 is 5.32 Å². The highest BCUT2D eigenvalue weighted by atomic mass is 19.1. The Morgan fingerprint density at radius 2 is 2.09 bits per heavy atom. The third kappa shape index (κ3) is 4.69. The number of ether oxygens (including phenoxy) is 1. The molecule has 0 bridgehead atoms. The number of hydrogen-bond donors (Lipinski definition) is 2. The third-order valence-electron chi connectivity index (χ3n) is 5.10. The fourth-order valence-electron chi connectivity index (χ4n) is 3.67. The molecule has 3 heterocycles.